The van der Waals surface area contributed by atoms with Crippen LogP contribution in [0.3, 0.4) is 0 Å². The highest BCUT2D eigenvalue weighted by molar-refractivity contribution is 7.91. The number of nitrogens with one attached hydrogen (secondary N) is 1. The molecule has 0 bridgehead atoms. The number of hydrogen-bond acceptors (Lipinski definition) is 6. The minimum atomic E-state index is -3.65. The topological polar surface area (TPSA) is 102 Å². The highest BCUT2D eigenvalue weighted by Gasteiger charge is 2.17. The van der Waals surface area contributed by atoms with E-state index in [0.29, 0.717) is 28.1 Å². The van der Waals surface area contributed by atoms with E-state index in [9.17, 15) is 8.42 Å². The molecule has 0 aliphatic heterocycles. The average Bonchev–Trinajstić information content (AvgIpc) is 3.32. The molecule has 0 spiro atoms. The summed E-state index contributed by atoms with van der Waals surface area (Å²) in [4.78, 5) is 8.66. The molecule has 3 heterocycles. The third-order valence-electron chi connectivity index (χ3n) is 4.47. The second-order valence-electron chi connectivity index (χ2n) is 6.52. The molecule has 5 aromatic rings. The zero-order valence-electron chi connectivity index (χ0n) is 15.1. The monoisotopic (exact) mass is 405 g/mol. The molecule has 5 rings (SSSR count). The van der Waals surface area contributed by atoms with Crippen LogP contribution in [0.4, 0.5) is 5.69 Å². The summed E-state index contributed by atoms with van der Waals surface area (Å²) in [6.45, 7) is 0. The van der Waals surface area contributed by atoms with Crippen molar-refractivity contribution in [2.45, 2.75) is 5.75 Å². The summed E-state index contributed by atoms with van der Waals surface area (Å²) in [5.41, 5.74) is 3.02. The number of hydrogen-bond donors (Lipinski definition) is 1. The van der Waals surface area contributed by atoms with Gasteiger partial charge in [-0.05, 0) is 30.3 Å². The molecule has 0 amide bonds. The number of fused-ring (bicyclic) bond motifs is 2. The van der Waals surface area contributed by atoms with E-state index >= 15 is 0 Å². The van der Waals surface area contributed by atoms with Gasteiger partial charge in [-0.25, -0.2) is 18.4 Å². The summed E-state index contributed by atoms with van der Waals surface area (Å²) >= 11 is 0. The summed E-state index contributed by atoms with van der Waals surface area (Å²) in [6, 6.07) is 16.0. The quantitative estimate of drug-likeness (QED) is 0.480. The van der Waals surface area contributed by atoms with Crippen LogP contribution in [0.5, 0.6) is 0 Å². The Balaban J connectivity index is 1.36. The van der Waals surface area contributed by atoms with Crippen LogP contribution in [0.2, 0.25) is 0 Å². The Morgan fingerprint density at radius 1 is 1.03 bits per heavy atom. The van der Waals surface area contributed by atoms with Gasteiger partial charge in [-0.1, -0.05) is 29.4 Å². The van der Waals surface area contributed by atoms with E-state index in [0.717, 1.165) is 11.3 Å². The second-order valence-corrected chi connectivity index (χ2v) is 8.24. The van der Waals surface area contributed by atoms with Crippen LogP contribution in [0.25, 0.3) is 28.0 Å². The molecule has 2 aromatic carbocycles. The lowest BCUT2D eigenvalue weighted by atomic mass is 10.1. The van der Waals surface area contributed by atoms with Crippen LogP contribution < -0.4 is 4.72 Å². The predicted octanol–water partition coefficient (Wildman–Crippen LogP) is 3.48. The Kier molecular flexibility index (Phi) is 4.02. The van der Waals surface area contributed by atoms with Gasteiger partial charge in [0.25, 0.3) is 0 Å². The third kappa shape index (κ3) is 3.43. The van der Waals surface area contributed by atoms with Gasteiger partial charge in [0.05, 0.1) is 5.69 Å². The van der Waals surface area contributed by atoms with Crippen molar-refractivity contribution in [3.8, 4) is 11.3 Å². The maximum Gasteiger partial charge on any atom is 0.238 e. The molecular formula is C20H15N5O3S. The van der Waals surface area contributed by atoms with Crippen LogP contribution >= 0.6 is 0 Å². The number of nitrogens with zero attached hydrogens (tertiary/aromatic N) is 4. The summed E-state index contributed by atoms with van der Waals surface area (Å²) in [5, 5.41) is 4.57. The van der Waals surface area contributed by atoms with Crippen molar-refractivity contribution < 1.29 is 12.9 Å². The molecule has 3 aromatic heterocycles. The highest BCUT2D eigenvalue weighted by atomic mass is 32.2. The van der Waals surface area contributed by atoms with Crippen molar-refractivity contribution in [1.82, 2.24) is 19.5 Å². The van der Waals surface area contributed by atoms with E-state index in [-0.39, 0.29) is 5.75 Å². The number of para-hydroxylation sites is 1. The van der Waals surface area contributed by atoms with Crippen LogP contribution in [0.1, 0.15) is 5.69 Å². The van der Waals surface area contributed by atoms with Crippen LogP contribution in [-0.4, -0.2) is 27.9 Å². The molecule has 0 unspecified atom stereocenters. The molecule has 0 aliphatic carbocycles. The minimum absolute atomic E-state index is 0.274. The van der Waals surface area contributed by atoms with E-state index in [1.165, 1.54) is 0 Å². The molecule has 9 heteroatoms. The summed E-state index contributed by atoms with van der Waals surface area (Å²) < 4.78 is 34.7. The van der Waals surface area contributed by atoms with Gasteiger partial charge in [0.2, 0.25) is 15.8 Å². The lowest BCUT2D eigenvalue weighted by molar-refractivity contribution is 0.448. The molecule has 0 saturated heterocycles. The van der Waals surface area contributed by atoms with Crippen molar-refractivity contribution in [1.29, 1.82) is 0 Å². The Labute approximate surface area is 165 Å². The molecule has 0 aliphatic rings. The molecule has 144 valence electrons. The molecular weight excluding hydrogens is 390 g/mol. The largest absolute Gasteiger partial charge is 0.356 e. The van der Waals surface area contributed by atoms with E-state index in [1.54, 1.807) is 30.5 Å². The number of sulfonamides is 1. The van der Waals surface area contributed by atoms with Crippen molar-refractivity contribution in [2.24, 2.45) is 0 Å². The maximum atomic E-state index is 12.6. The predicted molar refractivity (Wildman–Crippen MR) is 109 cm³/mol. The van der Waals surface area contributed by atoms with Crippen LogP contribution in [0, 0.1) is 0 Å². The highest BCUT2D eigenvalue weighted by Crippen LogP contribution is 2.23. The standard InChI is InChI=1S/C20H15N5O3S/c26-29(27,13-18-16-4-1-2-5-19(16)28-23-18)24-15-8-6-14(7-9-15)17-12-25-11-3-10-21-20(25)22-17/h1-12,24H,13H2. The van der Waals surface area contributed by atoms with E-state index in [2.05, 4.69) is 19.8 Å². The number of rotatable bonds is 5. The van der Waals surface area contributed by atoms with Crippen LogP contribution in [-0.2, 0) is 15.8 Å². The summed E-state index contributed by atoms with van der Waals surface area (Å²) in [7, 11) is -3.65. The van der Waals surface area contributed by atoms with Gasteiger partial charge >= 0.3 is 0 Å². The van der Waals surface area contributed by atoms with Crippen molar-refractivity contribution in [3.05, 3.63) is 78.9 Å². The fraction of sp³-hybridized carbons (Fsp3) is 0.0500. The van der Waals surface area contributed by atoms with E-state index in [4.69, 9.17) is 4.52 Å². The van der Waals surface area contributed by atoms with E-state index in [1.807, 2.05) is 47.1 Å². The number of imidazole rings is 1. The van der Waals surface area contributed by atoms with Gasteiger partial charge < -0.3 is 4.52 Å². The molecule has 0 atom stereocenters. The summed E-state index contributed by atoms with van der Waals surface area (Å²) in [6.07, 6.45) is 5.42. The van der Waals surface area contributed by atoms with Crippen LogP contribution in [0.15, 0.2) is 77.7 Å². The zero-order chi connectivity index (χ0) is 19.8. The van der Waals surface area contributed by atoms with Gasteiger partial charge in [0.15, 0.2) is 5.58 Å². The van der Waals surface area contributed by atoms with Crippen molar-refractivity contribution in [3.63, 3.8) is 0 Å². The molecule has 0 saturated carbocycles. The average molecular weight is 405 g/mol. The zero-order valence-corrected chi connectivity index (χ0v) is 15.9. The second kappa shape index (κ2) is 6.71. The normalized spacial score (nSPS) is 11.9. The Bertz CT molecular complexity index is 1390. The van der Waals surface area contributed by atoms with Gasteiger partial charge in [0.1, 0.15) is 11.4 Å². The molecule has 8 nitrogen and oxygen atoms in total. The van der Waals surface area contributed by atoms with Gasteiger partial charge in [-0.2, -0.15) is 0 Å². The lowest BCUT2D eigenvalue weighted by Crippen LogP contribution is -2.15. The lowest BCUT2D eigenvalue weighted by Gasteiger charge is -2.07. The van der Waals surface area contributed by atoms with Crippen molar-refractivity contribution in [2.75, 3.05) is 4.72 Å². The molecule has 0 radical (unpaired) electrons. The smallest absolute Gasteiger partial charge is 0.238 e. The number of aromatic nitrogens is 4. The first-order valence-electron chi connectivity index (χ1n) is 8.81. The van der Waals surface area contributed by atoms with Gasteiger partial charge in [0, 0.05) is 35.2 Å². The molecule has 0 fully saturated rings. The fourth-order valence-corrected chi connectivity index (χ4v) is 4.25. The Morgan fingerprint density at radius 3 is 2.69 bits per heavy atom. The number of anilines is 1. The minimum Gasteiger partial charge on any atom is -0.356 e. The van der Waals surface area contributed by atoms with Gasteiger partial charge in [-0.15, -0.1) is 0 Å². The molecule has 29 heavy (non-hydrogen) atoms. The van der Waals surface area contributed by atoms with E-state index < -0.39 is 10.0 Å². The Morgan fingerprint density at radius 2 is 1.86 bits per heavy atom. The molecule has 1 N–H and O–H groups in total. The fourth-order valence-electron chi connectivity index (χ4n) is 3.12. The SMILES string of the molecule is O=S(=O)(Cc1noc2ccccc12)Nc1ccc(-c2cn3cccnc3n2)cc1. The first-order valence-corrected chi connectivity index (χ1v) is 10.5. The van der Waals surface area contributed by atoms with Crippen molar-refractivity contribution >= 4 is 32.5 Å². The Hall–Kier alpha value is -3.72. The summed E-state index contributed by atoms with van der Waals surface area (Å²) in [5.74, 6) is 0.330. The van der Waals surface area contributed by atoms with Gasteiger partial charge in [-0.3, -0.25) is 9.12 Å². The third-order valence-corrected chi connectivity index (χ3v) is 5.67. The number of benzene rings is 2. The first-order chi connectivity index (χ1) is 14.1. The first kappa shape index (κ1) is 17.4. The maximum absolute atomic E-state index is 12.6.